The maximum Gasteiger partial charge on any atom is 0.223 e. The molecule has 0 amide bonds. The fraction of sp³-hybridized carbons (Fsp3) is 0.130. The lowest BCUT2D eigenvalue weighted by molar-refractivity contribution is 0.356. The Morgan fingerprint density at radius 1 is 0.714 bits per heavy atom. The highest BCUT2D eigenvalue weighted by Crippen LogP contribution is 2.37. The molecule has 4 rings (SSSR count). The molecule has 0 aliphatic carbocycles. The van der Waals surface area contributed by atoms with Crippen molar-refractivity contribution in [1.82, 2.24) is 9.97 Å². The number of fused-ring (bicyclic) bond motifs is 1. The zero-order valence-electron chi connectivity index (χ0n) is 16.1. The van der Waals surface area contributed by atoms with Gasteiger partial charge in [-0.2, -0.15) is 0 Å². The van der Waals surface area contributed by atoms with Gasteiger partial charge >= 0.3 is 0 Å². The summed E-state index contributed by atoms with van der Waals surface area (Å²) >= 11 is 0. The van der Waals surface area contributed by atoms with Crippen LogP contribution >= 0.6 is 0 Å². The van der Waals surface area contributed by atoms with Gasteiger partial charge in [-0.25, -0.2) is 9.97 Å². The summed E-state index contributed by atoms with van der Waals surface area (Å²) in [6, 6.07) is 22.5. The predicted octanol–water partition coefficient (Wildman–Crippen LogP) is 5.02. The predicted molar refractivity (Wildman–Crippen MR) is 113 cm³/mol. The van der Waals surface area contributed by atoms with Gasteiger partial charge in [-0.15, -0.1) is 0 Å². The van der Waals surface area contributed by atoms with Crippen LogP contribution in [-0.4, -0.2) is 31.2 Å². The molecule has 0 radical (unpaired) electrons. The van der Waals surface area contributed by atoms with Gasteiger partial charge in [-0.05, 0) is 23.3 Å². The zero-order valence-corrected chi connectivity index (χ0v) is 16.1. The summed E-state index contributed by atoms with van der Waals surface area (Å²) in [7, 11) is 5.06. The highest BCUT2D eigenvalue weighted by atomic mass is 16.5. The first-order valence-electron chi connectivity index (χ1n) is 9.01. The molecule has 0 aliphatic heterocycles. The second-order valence-corrected chi connectivity index (χ2v) is 6.32. The number of methoxy groups -OCH3 is 2. The third-order valence-corrected chi connectivity index (χ3v) is 4.67. The van der Waals surface area contributed by atoms with E-state index in [1.54, 1.807) is 14.2 Å². The monoisotopic (exact) mass is 371 g/mol. The molecular formula is C23H21N3O2. The highest BCUT2D eigenvalue weighted by Gasteiger charge is 2.14. The number of aromatic nitrogens is 2. The van der Waals surface area contributed by atoms with Gasteiger partial charge < -0.3 is 14.8 Å². The minimum Gasteiger partial charge on any atom is -0.493 e. The second-order valence-electron chi connectivity index (χ2n) is 6.32. The van der Waals surface area contributed by atoms with Gasteiger partial charge in [0.2, 0.25) is 5.95 Å². The molecule has 28 heavy (non-hydrogen) atoms. The van der Waals surface area contributed by atoms with Gasteiger partial charge in [0, 0.05) is 24.1 Å². The Kier molecular flexibility index (Phi) is 4.81. The standard InChI is InChI=1S/C23H21N3O2/c1-24-23-25-19-14-21(28-3)20(27-2)13-18(19)22(26-23)17-11-7-10-16(12-17)15-8-5-4-6-9-15/h4-14H,1-3H3,(H,24,25,26). The van der Waals surface area contributed by atoms with E-state index in [0.717, 1.165) is 33.3 Å². The Hall–Kier alpha value is -3.60. The number of benzene rings is 3. The lowest BCUT2D eigenvalue weighted by Crippen LogP contribution is -2.00. The SMILES string of the molecule is CNc1nc(-c2cccc(-c3ccccc3)c2)c2cc(OC)c(OC)cc2n1. The van der Waals surface area contributed by atoms with Crippen molar-refractivity contribution in [3.05, 3.63) is 66.7 Å². The number of hydrogen-bond acceptors (Lipinski definition) is 5. The molecule has 0 aliphatic rings. The summed E-state index contributed by atoms with van der Waals surface area (Å²) in [5, 5.41) is 3.95. The maximum atomic E-state index is 5.49. The molecule has 0 bridgehead atoms. The molecule has 140 valence electrons. The van der Waals surface area contributed by atoms with Crippen LogP contribution in [0.5, 0.6) is 11.5 Å². The van der Waals surface area contributed by atoms with Crippen LogP contribution in [0, 0.1) is 0 Å². The van der Waals surface area contributed by atoms with Crippen molar-refractivity contribution in [3.63, 3.8) is 0 Å². The van der Waals surface area contributed by atoms with E-state index in [2.05, 4.69) is 40.6 Å². The number of nitrogens with one attached hydrogen (secondary N) is 1. The molecule has 0 saturated heterocycles. The van der Waals surface area contributed by atoms with E-state index in [-0.39, 0.29) is 0 Å². The van der Waals surface area contributed by atoms with Crippen molar-refractivity contribution in [2.45, 2.75) is 0 Å². The molecule has 5 nitrogen and oxygen atoms in total. The van der Waals surface area contributed by atoms with E-state index in [9.17, 15) is 0 Å². The largest absolute Gasteiger partial charge is 0.493 e. The number of nitrogens with zero attached hydrogens (tertiary/aromatic N) is 2. The van der Waals surface area contributed by atoms with E-state index < -0.39 is 0 Å². The fourth-order valence-corrected chi connectivity index (χ4v) is 3.26. The molecule has 3 aromatic carbocycles. The maximum absolute atomic E-state index is 5.49. The van der Waals surface area contributed by atoms with Crippen molar-refractivity contribution >= 4 is 16.9 Å². The van der Waals surface area contributed by atoms with Crippen LogP contribution < -0.4 is 14.8 Å². The topological polar surface area (TPSA) is 56.3 Å². The molecule has 0 fully saturated rings. The van der Waals surface area contributed by atoms with Crippen LogP contribution in [0.1, 0.15) is 0 Å². The average molecular weight is 371 g/mol. The first-order valence-corrected chi connectivity index (χ1v) is 9.01. The molecule has 0 atom stereocenters. The smallest absolute Gasteiger partial charge is 0.223 e. The van der Waals surface area contributed by atoms with Gasteiger partial charge in [-0.1, -0.05) is 48.5 Å². The number of hydrogen-bond donors (Lipinski definition) is 1. The molecule has 4 aromatic rings. The minimum atomic E-state index is 0.555. The molecule has 1 N–H and O–H groups in total. The lowest BCUT2D eigenvalue weighted by atomic mass is 10.00. The van der Waals surface area contributed by atoms with Gasteiger partial charge in [-0.3, -0.25) is 0 Å². The van der Waals surface area contributed by atoms with E-state index in [1.807, 2.05) is 43.4 Å². The van der Waals surface area contributed by atoms with Crippen molar-refractivity contribution in [3.8, 4) is 33.9 Å². The molecule has 0 spiro atoms. The normalized spacial score (nSPS) is 10.7. The van der Waals surface area contributed by atoms with Gasteiger partial charge in [0.15, 0.2) is 11.5 Å². The summed E-state index contributed by atoms with van der Waals surface area (Å²) in [5.74, 6) is 1.84. The van der Waals surface area contributed by atoms with Crippen LogP contribution in [0.15, 0.2) is 66.7 Å². The number of ether oxygens (including phenoxy) is 2. The molecule has 1 aromatic heterocycles. The molecule has 5 heteroatoms. The Morgan fingerprint density at radius 3 is 2.11 bits per heavy atom. The lowest BCUT2D eigenvalue weighted by Gasteiger charge is -2.13. The average Bonchev–Trinajstić information content (AvgIpc) is 2.77. The Balaban J connectivity index is 1.95. The first-order chi connectivity index (χ1) is 13.7. The fourth-order valence-electron chi connectivity index (χ4n) is 3.26. The minimum absolute atomic E-state index is 0.555. The molecular weight excluding hydrogens is 350 g/mol. The zero-order chi connectivity index (χ0) is 19.5. The Bertz CT molecular complexity index is 1130. The van der Waals surface area contributed by atoms with E-state index in [4.69, 9.17) is 14.5 Å². The second kappa shape index (κ2) is 7.56. The van der Waals surface area contributed by atoms with Crippen molar-refractivity contribution in [1.29, 1.82) is 0 Å². The van der Waals surface area contributed by atoms with Crippen LogP contribution in [-0.2, 0) is 0 Å². The van der Waals surface area contributed by atoms with Crippen molar-refractivity contribution in [2.24, 2.45) is 0 Å². The number of rotatable bonds is 5. The van der Waals surface area contributed by atoms with Crippen LogP contribution in [0.4, 0.5) is 5.95 Å². The highest BCUT2D eigenvalue weighted by molar-refractivity contribution is 5.96. The Labute approximate surface area is 164 Å². The van der Waals surface area contributed by atoms with Gasteiger partial charge in [0.1, 0.15) is 0 Å². The van der Waals surface area contributed by atoms with Crippen molar-refractivity contribution in [2.75, 3.05) is 26.6 Å². The molecule has 1 heterocycles. The van der Waals surface area contributed by atoms with Crippen LogP contribution in [0.3, 0.4) is 0 Å². The molecule has 0 unspecified atom stereocenters. The summed E-state index contributed by atoms with van der Waals surface area (Å²) in [5.41, 5.74) is 4.94. The van der Waals surface area contributed by atoms with Crippen molar-refractivity contribution < 1.29 is 9.47 Å². The van der Waals surface area contributed by atoms with Crippen LogP contribution in [0.2, 0.25) is 0 Å². The van der Waals surface area contributed by atoms with Gasteiger partial charge in [0.25, 0.3) is 0 Å². The first kappa shape index (κ1) is 17.8. The van der Waals surface area contributed by atoms with E-state index >= 15 is 0 Å². The third kappa shape index (κ3) is 3.22. The summed E-state index contributed by atoms with van der Waals surface area (Å²) in [4.78, 5) is 9.32. The van der Waals surface area contributed by atoms with E-state index in [1.165, 1.54) is 0 Å². The third-order valence-electron chi connectivity index (χ3n) is 4.67. The summed E-state index contributed by atoms with van der Waals surface area (Å²) in [6.45, 7) is 0. The van der Waals surface area contributed by atoms with Crippen LogP contribution in [0.25, 0.3) is 33.3 Å². The summed E-state index contributed by atoms with van der Waals surface area (Å²) < 4.78 is 10.9. The Morgan fingerprint density at radius 2 is 1.39 bits per heavy atom. The molecule has 0 saturated carbocycles. The number of anilines is 1. The van der Waals surface area contributed by atoms with Gasteiger partial charge in [0.05, 0.1) is 25.4 Å². The van der Waals surface area contributed by atoms with E-state index in [0.29, 0.717) is 17.4 Å². The quantitative estimate of drug-likeness (QED) is 0.534. The summed E-state index contributed by atoms with van der Waals surface area (Å²) in [6.07, 6.45) is 0.